The molecule has 8 heteroatoms. The minimum absolute atomic E-state index is 0.0562. The molecule has 29 heavy (non-hydrogen) atoms. The fraction of sp³-hybridized carbons (Fsp3) is 0.381. The number of amides is 1. The van der Waals surface area contributed by atoms with Crippen molar-refractivity contribution >= 4 is 21.6 Å². The van der Waals surface area contributed by atoms with E-state index in [1.807, 2.05) is 32.0 Å². The van der Waals surface area contributed by atoms with Crippen LogP contribution in [0.1, 0.15) is 18.1 Å². The van der Waals surface area contributed by atoms with Gasteiger partial charge in [0.15, 0.2) is 6.10 Å². The topological polar surface area (TPSA) is 84.9 Å². The quantitative estimate of drug-likeness (QED) is 0.698. The number of nitrogens with zero attached hydrogens (tertiary/aromatic N) is 1. The molecule has 0 saturated carbocycles. The van der Waals surface area contributed by atoms with Crippen molar-refractivity contribution < 1.29 is 22.7 Å². The monoisotopic (exact) mass is 418 g/mol. The normalized spacial score (nSPS) is 16.0. The summed E-state index contributed by atoms with van der Waals surface area (Å²) >= 11 is 0. The van der Waals surface area contributed by atoms with Gasteiger partial charge in [0, 0.05) is 0 Å². The minimum Gasteiger partial charge on any atom is -0.491 e. The Labute approximate surface area is 171 Å². The lowest BCUT2D eigenvalue weighted by Gasteiger charge is -2.34. The van der Waals surface area contributed by atoms with E-state index in [0.29, 0.717) is 18.0 Å². The second-order valence-electron chi connectivity index (χ2n) is 6.91. The molecule has 3 rings (SSSR count). The fourth-order valence-corrected chi connectivity index (χ4v) is 4.19. The summed E-state index contributed by atoms with van der Waals surface area (Å²) in [4.78, 5) is 12.6. The Morgan fingerprint density at radius 2 is 2.00 bits per heavy atom. The van der Waals surface area contributed by atoms with Crippen molar-refractivity contribution in [3.63, 3.8) is 0 Å². The molecule has 1 atom stereocenters. The Morgan fingerprint density at radius 1 is 1.24 bits per heavy atom. The number of fused-ring (bicyclic) bond motifs is 1. The SMILES string of the molecule is CCS(=O)(=O)N1C[C@H](C(=O)NCCOc2cc(C)ccc2C)Oc2ccccc21. The number of ether oxygens (including phenoxy) is 2. The number of sulfonamides is 1. The molecule has 1 N–H and O–H groups in total. The van der Waals surface area contributed by atoms with Crippen LogP contribution in [0.25, 0.3) is 0 Å². The van der Waals surface area contributed by atoms with Crippen LogP contribution in [0.4, 0.5) is 5.69 Å². The number of carbonyl (C=O) groups is 1. The Balaban J connectivity index is 1.62. The smallest absolute Gasteiger partial charge is 0.263 e. The first-order chi connectivity index (χ1) is 13.8. The molecule has 1 aliphatic rings. The zero-order chi connectivity index (χ0) is 21.0. The third-order valence-corrected chi connectivity index (χ3v) is 6.48. The zero-order valence-corrected chi connectivity index (χ0v) is 17.7. The molecule has 0 bridgehead atoms. The first-order valence-electron chi connectivity index (χ1n) is 9.55. The first-order valence-corrected chi connectivity index (χ1v) is 11.2. The molecule has 0 aliphatic carbocycles. The predicted molar refractivity (Wildman–Crippen MR) is 112 cm³/mol. The van der Waals surface area contributed by atoms with Crippen LogP contribution in [0.2, 0.25) is 0 Å². The second kappa shape index (κ2) is 8.73. The fourth-order valence-electron chi connectivity index (χ4n) is 3.07. The third kappa shape index (κ3) is 4.82. The van der Waals surface area contributed by atoms with Crippen molar-refractivity contribution in [2.45, 2.75) is 26.9 Å². The van der Waals surface area contributed by atoms with Gasteiger partial charge in [0.25, 0.3) is 5.91 Å². The number of carbonyl (C=O) groups excluding carboxylic acids is 1. The van der Waals surface area contributed by atoms with Crippen LogP contribution in [0, 0.1) is 13.8 Å². The van der Waals surface area contributed by atoms with Crippen molar-refractivity contribution in [1.82, 2.24) is 5.32 Å². The summed E-state index contributed by atoms with van der Waals surface area (Å²) in [7, 11) is -3.52. The van der Waals surface area contributed by atoms with Crippen LogP contribution in [0.15, 0.2) is 42.5 Å². The van der Waals surface area contributed by atoms with Crippen LogP contribution in [0.3, 0.4) is 0 Å². The van der Waals surface area contributed by atoms with E-state index in [1.165, 1.54) is 4.31 Å². The van der Waals surface area contributed by atoms with E-state index >= 15 is 0 Å². The Hall–Kier alpha value is -2.74. The summed E-state index contributed by atoms with van der Waals surface area (Å²) in [6.07, 6.45) is -0.924. The van der Waals surface area contributed by atoms with E-state index < -0.39 is 16.1 Å². The number of nitrogens with one attached hydrogen (secondary N) is 1. The highest BCUT2D eigenvalue weighted by Crippen LogP contribution is 2.35. The molecule has 2 aromatic rings. The van der Waals surface area contributed by atoms with Crippen LogP contribution < -0.4 is 19.1 Å². The number of para-hydroxylation sites is 2. The number of benzene rings is 2. The Kier molecular flexibility index (Phi) is 6.32. The number of hydrogen-bond donors (Lipinski definition) is 1. The van der Waals surface area contributed by atoms with E-state index in [1.54, 1.807) is 31.2 Å². The maximum atomic E-state index is 12.6. The lowest BCUT2D eigenvalue weighted by Crippen LogP contribution is -2.51. The largest absolute Gasteiger partial charge is 0.491 e. The van der Waals surface area contributed by atoms with Crippen molar-refractivity contribution in [2.75, 3.05) is 29.8 Å². The van der Waals surface area contributed by atoms with Gasteiger partial charge in [-0.15, -0.1) is 0 Å². The molecule has 0 fully saturated rings. The molecular formula is C21H26N2O5S. The molecule has 7 nitrogen and oxygen atoms in total. The molecule has 0 saturated heterocycles. The molecule has 0 spiro atoms. The van der Waals surface area contributed by atoms with E-state index in [4.69, 9.17) is 9.47 Å². The van der Waals surface area contributed by atoms with Gasteiger partial charge in [0.2, 0.25) is 10.0 Å². The maximum Gasteiger partial charge on any atom is 0.263 e. The molecule has 0 unspecified atom stereocenters. The van der Waals surface area contributed by atoms with Gasteiger partial charge in [-0.3, -0.25) is 9.10 Å². The van der Waals surface area contributed by atoms with Gasteiger partial charge in [-0.2, -0.15) is 0 Å². The van der Waals surface area contributed by atoms with Crippen molar-refractivity contribution in [3.8, 4) is 11.5 Å². The number of hydrogen-bond acceptors (Lipinski definition) is 5. The average molecular weight is 419 g/mol. The summed E-state index contributed by atoms with van der Waals surface area (Å²) in [5.74, 6) is 0.726. The predicted octanol–water partition coefficient (Wildman–Crippen LogP) is 2.42. The summed E-state index contributed by atoms with van der Waals surface area (Å²) in [5, 5.41) is 2.77. The minimum atomic E-state index is -3.52. The third-order valence-electron chi connectivity index (χ3n) is 4.73. The highest BCUT2D eigenvalue weighted by atomic mass is 32.2. The number of rotatable bonds is 7. The number of anilines is 1. The van der Waals surface area contributed by atoms with E-state index in [2.05, 4.69) is 5.32 Å². The molecule has 1 heterocycles. The maximum absolute atomic E-state index is 12.6. The van der Waals surface area contributed by atoms with Gasteiger partial charge < -0.3 is 14.8 Å². The highest BCUT2D eigenvalue weighted by Gasteiger charge is 2.35. The van der Waals surface area contributed by atoms with Gasteiger partial charge in [0.05, 0.1) is 24.5 Å². The first kappa shape index (κ1) is 21.0. The second-order valence-corrected chi connectivity index (χ2v) is 9.10. The van der Waals surface area contributed by atoms with E-state index in [-0.39, 0.29) is 24.7 Å². The highest BCUT2D eigenvalue weighted by molar-refractivity contribution is 7.92. The number of aryl methyl sites for hydroxylation is 2. The lowest BCUT2D eigenvalue weighted by atomic mass is 10.1. The summed E-state index contributed by atoms with van der Waals surface area (Å²) < 4.78 is 37.7. The average Bonchev–Trinajstić information content (AvgIpc) is 2.72. The van der Waals surface area contributed by atoms with Crippen LogP contribution in [-0.4, -0.2) is 45.9 Å². The molecule has 0 radical (unpaired) electrons. The molecule has 1 amide bonds. The van der Waals surface area contributed by atoms with Gasteiger partial charge >= 0.3 is 0 Å². The van der Waals surface area contributed by atoms with Crippen LogP contribution in [-0.2, 0) is 14.8 Å². The van der Waals surface area contributed by atoms with Crippen LogP contribution >= 0.6 is 0 Å². The van der Waals surface area contributed by atoms with Crippen molar-refractivity contribution in [3.05, 3.63) is 53.6 Å². The summed E-state index contributed by atoms with van der Waals surface area (Å²) in [6.45, 7) is 6.06. The van der Waals surface area contributed by atoms with Gasteiger partial charge in [0.1, 0.15) is 18.1 Å². The lowest BCUT2D eigenvalue weighted by molar-refractivity contribution is -0.127. The molecular weight excluding hydrogens is 392 g/mol. The molecule has 156 valence electrons. The zero-order valence-electron chi connectivity index (χ0n) is 16.8. The van der Waals surface area contributed by atoms with Crippen molar-refractivity contribution in [1.29, 1.82) is 0 Å². The standard InChI is InChI=1S/C21H26N2O5S/c1-4-29(25,26)23-14-20(28-18-8-6-5-7-17(18)23)21(24)22-11-12-27-19-13-15(2)9-10-16(19)3/h5-10,13,20H,4,11-12,14H2,1-3H3,(H,22,24)/t20-/m1/s1. The summed E-state index contributed by atoms with van der Waals surface area (Å²) in [5.41, 5.74) is 2.58. The van der Waals surface area contributed by atoms with E-state index in [0.717, 1.165) is 16.9 Å². The summed E-state index contributed by atoms with van der Waals surface area (Å²) in [6, 6.07) is 12.8. The van der Waals surface area contributed by atoms with E-state index in [9.17, 15) is 13.2 Å². The van der Waals surface area contributed by atoms with Crippen LogP contribution in [0.5, 0.6) is 11.5 Å². The molecule has 1 aliphatic heterocycles. The molecule has 2 aromatic carbocycles. The Morgan fingerprint density at radius 3 is 2.76 bits per heavy atom. The Bertz CT molecular complexity index is 990. The van der Waals surface area contributed by atoms with Gasteiger partial charge in [-0.05, 0) is 50.1 Å². The van der Waals surface area contributed by atoms with Gasteiger partial charge in [-0.1, -0.05) is 24.3 Å². The van der Waals surface area contributed by atoms with Gasteiger partial charge in [-0.25, -0.2) is 8.42 Å². The molecule has 0 aromatic heterocycles. The van der Waals surface area contributed by atoms with Crippen molar-refractivity contribution in [2.24, 2.45) is 0 Å².